The fraction of sp³-hybridized carbons (Fsp3) is 0.300. The second-order valence-electron chi connectivity index (χ2n) is 3.11. The van der Waals surface area contributed by atoms with E-state index in [4.69, 9.17) is 5.26 Å². The van der Waals surface area contributed by atoms with Gasteiger partial charge in [0, 0.05) is 5.56 Å². The van der Waals surface area contributed by atoms with Crippen molar-refractivity contribution in [1.82, 2.24) is 0 Å². The van der Waals surface area contributed by atoms with Crippen LogP contribution < -0.4 is 0 Å². The van der Waals surface area contributed by atoms with Crippen LogP contribution >= 0.6 is 0 Å². The molecule has 0 saturated carbocycles. The number of hydrogen-bond donors (Lipinski definition) is 1. The number of benzene rings is 1. The summed E-state index contributed by atoms with van der Waals surface area (Å²) >= 11 is 0. The molecule has 16 heavy (non-hydrogen) atoms. The molecule has 0 spiro atoms. The third-order valence-corrected chi connectivity index (χ3v) is 1.97. The van der Waals surface area contributed by atoms with Gasteiger partial charge in [-0.05, 0) is 18.2 Å². The van der Waals surface area contributed by atoms with E-state index < -0.39 is 35.6 Å². The molecule has 6 heteroatoms. The zero-order valence-corrected chi connectivity index (χ0v) is 7.92. The SMILES string of the molecule is N#CCC(O)c1cc(C(F)(F)F)ccc1F. The minimum Gasteiger partial charge on any atom is -0.387 e. The molecule has 0 saturated heterocycles. The zero-order valence-electron chi connectivity index (χ0n) is 7.92. The lowest BCUT2D eigenvalue weighted by molar-refractivity contribution is -0.137. The van der Waals surface area contributed by atoms with Crippen LogP contribution in [0.2, 0.25) is 0 Å². The Bertz CT molecular complexity index is 422. The van der Waals surface area contributed by atoms with Gasteiger partial charge in [-0.15, -0.1) is 0 Å². The molecular weight excluding hydrogens is 226 g/mol. The van der Waals surface area contributed by atoms with E-state index in [1.165, 1.54) is 0 Å². The number of halogens is 4. The smallest absolute Gasteiger partial charge is 0.387 e. The first-order valence-corrected chi connectivity index (χ1v) is 4.28. The summed E-state index contributed by atoms with van der Waals surface area (Å²) in [6.07, 6.45) is -6.61. The van der Waals surface area contributed by atoms with Gasteiger partial charge in [-0.3, -0.25) is 0 Å². The Labute approximate surface area is 88.7 Å². The van der Waals surface area contributed by atoms with Gasteiger partial charge in [0.2, 0.25) is 0 Å². The standard InChI is InChI=1S/C10H7F4NO/c11-8-2-1-6(10(12,13)14)5-7(8)9(16)3-4-15/h1-2,5,9,16H,3H2. The van der Waals surface area contributed by atoms with Crippen LogP contribution in [-0.2, 0) is 6.18 Å². The van der Waals surface area contributed by atoms with E-state index >= 15 is 0 Å². The van der Waals surface area contributed by atoms with Crippen LogP contribution in [0, 0.1) is 17.1 Å². The normalized spacial score (nSPS) is 13.2. The Morgan fingerprint density at radius 2 is 2.00 bits per heavy atom. The predicted molar refractivity (Wildman–Crippen MR) is 46.6 cm³/mol. The van der Waals surface area contributed by atoms with Gasteiger partial charge >= 0.3 is 6.18 Å². The number of nitriles is 1. The molecular formula is C10H7F4NO. The van der Waals surface area contributed by atoms with Crippen LogP contribution in [0.3, 0.4) is 0 Å². The topological polar surface area (TPSA) is 44.0 Å². The number of aliphatic hydroxyl groups is 1. The van der Waals surface area contributed by atoms with Gasteiger partial charge in [0.1, 0.15) is 5.82 Å². The Morgan fingerprint density at radius 3 is 2.50 bits per heavy atom. The van der Waals surface area contributed by atoms with Crippen molar-refractivity contribution >= 4 is 0 Å². The highest BCUT2D eigenvalue weighted by atomic mass is 19.4. The zero-order chi connectivity index (χ0) is 12.3. The molecule has 1 aromatic rings. The van der Waals surface area contributed by atoms with Crippen molar-refractivity contribution in [3.63, 3.8) is 0 Å². The lowest BCUT2D eigenvalue weighted by Crippen LogP contribution is -2.08. The fourth-order valence-corrected chi connectivity index (χ4v) is 1.17. The quantitative estimate of drug-likeness (QED) is 0.798. The summed E-state index contributed by atoms with van der Waals surface area (Å²) in [5.74, 6) is -0.962. The second-order valence-corrected chi connectivity index (χ2v) is 3.11. The van der Waals surface area contributed by atoms with Crippen LogP contribution in [-0.4, -0.2) is 5.11 Å². The number of aliphatic hydroxyl groups excluding tert-OH is 1. The van der Waals surface area contributed by atoms with Gasteiger partial charge in [0.25, 0.3) is 0 Å². The highest BCUT2D eigenvalue weighted by Gasteiger charge is 2.31. The van der Waals surface area contributed by atoms with Crippen molar-refractivity contribution in [2.45, 2.75) is 18.7 Å². The summed E-state index contributed by atoms with van der Waals surface area (Å²) in [7, 11) is 0. The summed E-state index contributed by atoms with van der Waals surface area (Å²) in [6, 6.07) is 3.27. The maximum Gasteiger partial charge on any atom is 0.416 e. The second kappa shape index (κ2) is 4.49. The molecule has 0 aliphatic rings. The van der Waals surface area contributed by atoms with Crippen molar-refractivity contribution in [3.05, 3.63) is 35.1 Å². The van der Waals surface area contributed by atoms with E-state index in [0.29, 0.717) is 18.2 Å². The van der Waals surface area contributed by atoms with E-state index in [9.17, 15) is 22.7 Å². The minimum atomic E-state index is -4.60. The van der Waals surface area contributed by atoms with Crippen molar-refractivity contribution in [1.29, 1.82) is 5.26 Å². The number of hydrogen-bond acceptors (Lipinski definition) is 2. The monoisotopic (exact) mass is 233 g/mol. The van der Waals surface area contributed by atoms with Gasteiger partial charge in [0.05, 0.1) is 24.2 Å². The van der Waals surface area contributed by atoms with Gasteiger partial charge in [-0.2, -0.15) is 18.4 Å². The van der Waals surface area contributed by atoms with E-state index in [1.54, 1.807) is 6.07 Å². The van der Waals surface area contributed by atoms with Crippen LogP contribution in [0.25, 0.3) is 0 Å². The number of rotatable bonds is 2. The third-order valence-electron chi connectivity index (χ3n) is 1.97. The largest absolute Gasteiger partial charge is 0.416 e. The average molecular weight is 233 g/mol. The highest BCUT2D eigenvalue weighted by Crippen LogP contribution is 2.32. The molecule has 1 unspecified atom stereocenters. The maximum absolute atomic E-state index is 13.1. The lowest BCUT2D eigenvalue weighted by atomic mass is 10.0. The lowest BCUT2D eigenvalue weighted by Gasteiger charge is -2.12. The molecule has 0 radical (unpaired) electrons. The molecule has 0 bridgehead atoms. The van der Waals surface area contributed by atoms with Gasteiger partial charge in [-0.1, -0.05) is 0 Å². The van der Waals surface area contributed by atoms with Crippen LogP contribution in [0.4, 0.5) is 17.6 Å². The minimum absolute atomic E-state index is 0.460. The summed E-state index contributed by atoms with van der Waals surface area (Å²) < 4.78 is 49.9. The molecule has 0 amide bonds. The molecule has 1 rings (SSSR count). The molecule has 2 nitrogen and oxygen atoms in total. The number of nitrogens with zero attached hydrogens (tertiary/aromatic N) is 1. The summed E-state index contributed by atoms with van der Waals surface area (Å²) in [5, 5.41) is 17.5. The molecule has 1 aromatic carbocycles. The first-order valence-electron chi connectivity index (χ1n) is 4.28. The van der Waals surface area contributed by atoms with Crippen molar-refractivity contribution in [2.75, 3.05) is 0 Å². The molecule has 1 atom stereocenters. The Kier molecular flexibility index (Phi) is 3.50. The fourth-order valence-electron chi connectivity index (χ4n) is 1.17. The Balaban J connectivity index is 3.15. The molecule has 1 N–H and O–H groups in total. The molecule has 0 aromatic heterocycles. The van der Waals surface area contributed by atoms with E-state index in [2.05, 4.69) is 0 Å². The van der Waals surface area contributed by atoms with Crippen LogP contribution in [0.5, 0.6) is 0 Å². The van der Waals surface area contributed by atoms with Gasteiger partial charge in [0.15, 0.2) is 0 Å². The first-order chi connectivity index (χ1) is 7.36. The van der Waals surface area contributed by atoms with Gasteiger partial charge in [-0.25, -0.2) is 4.39 Å². The number of alkyl halides is 3. The Morgan fingerprint density at radius 1 is 1.38 bits per heavy atom. The van der Waals surface area contributed by atoms with Crippen molar-refractivity contribution < 1.29 is 22.7 Å². The average Bonchev–Trinajstić information content (AvgIpc) is 2.16. The van der Waals surface area contributed by atoms with Crippen molar-refractivity contribution in [2.24, 2.45) is 0 Å². The highest BCUT2D eigenvalue weighted by molar-refractivity contribution is 5.29. The third kappa shape index (κ3) is 2.70. The van der Waals surface area contributed by atoms with E-state index in [0.717, 1.165) is 0 Å². The molecule has 0 heterocycles. The molecule has 86 valence electrons. The van der Waals surface area contributed by atoms with Crippen molar-refractivity contribution in [3.8, 4) is 6.07 Å². The first kappa shape index (κ1) is 12.5. The molecule has 0 aliphatic carbocycles. The Hall–Kier alpha value is -1.61. The molecule has 0 aliphatic heterocycles. The molecule has 0 fully saturated rings. The van der Waals surface area contributed by atoms with Gasteiger partial charge < -0.3 is 5.11 Å². The summed E-state index contributed by atoms with van der Waals surface area (Å²) in [6.45, 7) is 0. The maximum atomic E-state index is 13.1. The summed E-state index contributed by atoms with van der Waals surface area (Å²) in [5.41, 5.74) is -1.57. The van der Waals surface area contributed by atoms with E-state index in [-0.39, 0.29) is 0 Å². The summed E-state index contributed by atoms with van der Waals surface area (Å²) in [4.78, 5) is 0. The predicted octanol–water partition coefficient (Wildman–Crippen LogP) is 2.79. The van der Waals surface area contributed by atoms with Crippen LogP contribution in [0.15, 0.2) is 18.2 Å². The van der Waals surface area contributed by atoms with Crippen LogP contribution in [0.1, 0.15) is 23.7 Å². The van der Waals surface area contributed by atoms with E-state index in [1.807, 2.05) is 0 Å².